The standard InChI is InChI=1S/C37H49N3O5.C30H39N3O4S.C7H7NO2/c1-37(2,19-20-40(24-29-14-8-4-9-15-29)25-30-16-10-5-11-17-30)27-38-23-33(41)32(22-28-12-6-3-7-13-28)39-36(42)45-34-26-44-35-31(34)18-21-43-35;1-25(2)21-32(38(36,37)29-17-11-16-28(20-29)33(34)35)24-30(3,4)18-19-31(22-26-12-7-5-8-13-26)23-27-14-9-6-10-15-27;1-6-3-2-4-7(5-6)8(9)10/h3-17,31-35,38,41H,18-27H2,1-2H3,(H,39,42);5-17,20,25H,18-19,21-24H2,1-4H3;2-5H,1H3/t31-,32-,33+,34-,35+;;/m0../s1. The van der Waals surface area contributed by atoms with E-state index in [1.54, 1.807) is 12.1 Å². The van der Waals surface area contributed by atoms with Crippen LogP contribution >= 0.6 is 0 Å². The van der Waals surface area contributed by atoms with E-state index in [9.17, 15) is 38.5 Å². The quantitative estimate of drug-likeness (QED) is 0.0272. The van der Waals surface area contributed by atoms with E-state index in [1.165, 1.54) is 50.8 Å². The minimum Gasteiger partial charge on any atom is -0.443 e. The van der Waals surface area contributed by atoms with Crippen LogP contribution in [0.3, 0.4) is 0 Å². The monoisotopic (exact) mass is 1290 g/mol. The van der Waals surface area contributed by atoms with Gasteiger partial charge in [-0.3, -0.25) is 30.0 Å². The molecular formula is C74H95N7O11S. The van der Waals surface area contributed by atoms with Crippen LogP contribution in [-0.4, -0.2) is 121 Å². The van der Waals surface area contributed by atoms with Crippen LogP contribution in [0.1, 0.15) is 94.2 Å². The number of hydrogen-bond donors (Lipinski definition) is 3. The van der Waals surface area contributed by atoms with Crippen molar-refractivity contribution in [3.05, 3.63) is 254 Å². The van der Waals surface area contributed by atoms with Gasteiger partial charge in [0.2, 0.25) is 10.0 Å². The molecule has 0 bridgehead atoms. The Kier molecular flexibility index (Phi) is 28.2. The summed E-state index contributed by atoms with van der Waals surface area (Å²) in [5, 5.41) is 39.2. The number of ether oxygens (including phenoxy) is 3. The summed E-state index contributed by atoms with van der Waals surface area (Å²) >= 11 is 0. The molecule has 0 radical (unpaired) electrons. The zero-order valence-corrected chi connectivity index (χ0v) is 55.8. The second-order valence-corrected chi connectivity index (χ2v) is 28.3. The van der Waals surface area contributed by atoms with E-state index in [0.717, 1.165) is 82.3 Å². The second kappa shape index (κ2) is 36.1. The summed E-state index contributed by atoms with van der Waals surface area (Å²) in [6.45, 7) is 22.3. The Morgan fingerprint density at radius 1 is 0.645 bits per heavy atom. The van der Waals surface area contributed by atoms with E-state index in [1.807, 2.05) is 93.6 Å². The minimum atomic E-state index is -3.91. The van der Waals surface area contributed by atoms with Gasteiger partial charge in [-0.1, -0.05) is 211 Å². The molecule has 0 aromatic heterocycles. The molecule has 3 N–H and O–H groups in total. The second-order valence-electron chi connectivity index (χ2n) is 26.3. The molecule has 19 heteroatoms. The first-order chi connectivity index (χ1) is 44.5. The molecule has 9 rings (SSSR count). The van der Waals surface area contributed by atoms with Gasteiger partial charge in [-0.2, -0.15) is 4.31 Å². The predicted octanol–water partition coefficient (Wildman–Crippen LogP) is 13.4. The number of rotatable bonds is 31. The van der Waals surface area contributed by atoms with Crippen molar-refractivity contribution in [3.63, 3.8) is 0 Å². The first-order valence-corrected chi connectivity index (χ1v) is 33.6. The lowest BCUT2D eigenvalue weighted by Crippen LogP contribution is -2.50. The first kappa shape index (κ1) is 72.7. The van der Waals surface area contributed by atoms with Crippen LogP contribution in [0.15, 0.2) is 205 Å². The largest absolute Gasteiger partial charge is 0.443 e. The van der Waals surface area contributed by atoms with Crippen LogP contribution in [0.25, 0.3) is 0 Å². The van der Waals surface area contributed by atoms with Gasteiger partial charge in [-0.25, -0.2) is 13.2 Å². The maximum absolute atomic E-state index is 13.6. The first-order valence-electron chi connectivity index (χ1n) is 32.2. The number of hydrogen-bond acceptors (Lipinski definition) is 14. The fourth-order valence-electron chi connectivity index (χ4n) is 11.4. The van der Waals surface area contributed by atoms with Gasteiger partial charge in [0.05, 0.1) is 46.0 Å². The summed E-state index contributed by atoms with van der Waals surface area (Å²) in [6, 6.07) is 63.2. The summed E-state index contributed by atoms with van der Waals surface area (Å²) in [5.41, 5.74) is 6.61. The van der Waals surface area contributed by atoms with E-state index in [-0.39, 0.29) is 51.3 Å². The molecule has 2 heterocycles. The molecule has 7 aromatic rings. The van der Waals surface area contributed by atoms with Crippen molar-refractivity contribution < 1.29 is 42.4 Å². The van der Waals surface area contributed by atoms with Crippen molar-refractivity contribution >= 4 is 27.5 Å². The molecule has 2 fully saturated rings. The van der Waals surface area contributed by atoms with Gasteiger partial charge in [0.15, 0.2) is 6.29 Å². The van der Waals surface area contributed by atoms with Crippen molar-refractivity contribution in [3.8, 4) is 0 Å². The van der Waals surface area contributed by atoms with Gasteiger partial charge in [0, 0.05) is 76.6 Å². The van der Waals surface area contributed by atoms with Gasteiger partial charge < -0.3 is 30.0 Å². The number of nitro groups is 2. The number of benzene rings is 7. The molecule has 7 aromatic carbocycles. The number of carbonyl (C=O) groups is 1. The number of sulfonamides is 1. The Hall–Kier alpha value is -7.72. The summed E-state index contributed by atoms with van der Waals surface area (Å²) in [6.07, 6.45) is 1.12. The zero-order valence-electron chi connectivity index (χ0n) is 55.0. The highest BCUT2D eigenvalue weighted by molar-refractivity contribution is 7.89. The molecule has 2 aliphatic rings. The van der Waals surface area contributed by atoms with E-state index >= 15 is 0 Å². The highest BCUT2D eigenvalue weighted by Crippen LogP contribution is 2.34. The average molecular weight is 1290 g/mol. The summed E-state index contributed by atoms with van der Waals surface area (Å²) in [7, 11) is -3.91. The van der Waals surface area contributed by atoms with Crippen LogP contribution in [0.5, 0.6) is 0 Å². The third-order valence-electron chi connectivity index (χ3n) is 16.5. The van der Waals surface area contributed by atoms with Crippen LogP contribution in [0.4, 0.5) is 16.2 Å². The Labute approximate surface area is 550 Å². The highest BCUT2D eigenvalue weighted by Gasteiger charge is 2.44. The molecule has 0 saturated carbocycles. The van der Waals surface area contributed by atoms with Gasteiger partial charge in [-0.05, 0) is 102 Å². The van der Waals surface area contributed by atoms with Crippen molar-refractivity contribution in [2.75, 3.05) is 52.5 Å². The molecular weight excluding hydrogens is 1190 g/mol. The molecule has 2 saturated heterocycles. The Bertz CT molecular complexity index is 3400. The normalized spacial score (nSPS) is 16.2. The number of nitrogens with one attached hydrogen (secondary N) is 2. The number of nitrogens with zero attached hydrogens (tertiary/aromatic N) is 5. The molecule has 0 spiro atoms. The summed E-state index contributed by atoms with van der Waals surface area (Å²) < 4.78 is 45.7. The average Bonchev–Trinajstić information content (AvgIpc) is 1.54. The maximum atomic E-state index is 13.6. The topological polar surface area (TPSA) is 219 Å². The van der Waals surface area contributed by atoms with E-state index in [0.29, 0.717) is 39.3 Å². The molecule has 93 heavy (non-hydrogen) atoms. The SMILES string of the molecule is CC(C)(CCN(Cc1ccccc1)Cc1ccccc1)CNC[C@@H](O)[C@H](Cc1ccccc1)NC(=O)O[C@H]1CO[C@H]2OCC[C@H]21.CC(C)CN(CC(C)(C)CCN(Cc1ccccc1)Cc1ccccc1)S(=O)(=O)c1cccc([N+](=O)[O-])c1.Cc1cccc([N+](=O)[O-])c1. The smallest absolute Gasteiger partial charge is 0.407 e. The van der Waals surface area contributed by atoms with E-state index < -0.39 is 38.1 Å². The fourth-order valence-corrected chi connectivity index (χ4v) is 13.2. The van der Waals surface area contributed by atoms with Crippen molar-refractivity contribution in [2.45, 2.75) is 130 Å². The molecule has 0 aliphatic carbocycles. The third-order valence-corrected chi connectivity index (χ3v) is 18.3. The maximum Gasteiger partial charge on any atom is 0.407 e. The molecule has 2 aliphatic heterocycles. The zero-order chi connectivity index (χ0) is 66.8. The molecule has 5 atom stereocenters. The minimum absolute atomic E-state index is 0.00496. The molecule has 18 nitrogen and oxygen atoms in total. The van der Waals surface area contributed by atoms with E-state index in [2.05, 4.69) is 133 Å². The van der Waals surface area contributed by atoms with Gasteiger partial charge in [0.1, 0.15) is 6.10 Å². The lowest BCUT2D eigenvalue weighted by Gasteiger charge is -2.35. The lowest BCUT2D eigenvalue weighted by molar-refractivity contribution is -0.385. The molecule has 498 valence electrons. The fraction of sp³-hybridized carbons (Fsp3) is 0.419. The van der Waals surface area contributed by atoms with Crippen LogP contribution in [0.2, 0.25) is 0 Å². The Balaban J connectivity index is 0.000000231. The lowest BCUT2D eigenvalue weighted by atomic mass is 9.88. The number of amides is 1. The van der Waals surface area contributed by atoms with Crippen LogP contribution < -0.4 is 10.6 Å². The third kappa shape index (κ3) is 24.9. The number of aliphatic hydroxyl groups is 1. The molecule has 1 amide bonds. The summed E-state index contributed by atoms with van der Waals surface area (Å²) in [4.78, 5) is 38.3. The Morgan fingerprint density at radius 3 is 1.57 bits per heavy atom. The van der Waals surface area contributed by atoms with Crippen molar-refractivity contribution in [1.29, 1.82) is 0 Å². The number of aliphatic hydroxyl groups excluding tert-OH is 1. The number of carbonyl (C=O) groups excluding carboxylic acids is 1. The van der Waals surface area contributed by atoms with Gasteiger partial charge in [0.25, 0.3) is 11.4 Å². The van der Waals surface area contributed by atoms with Crippen LogP contribution in [-0.2, 0) is 56.8 Å². The van der Waals surface area contributed by atoms with Gasteiger partial charge in [-0.15, -0.1) is 0 Å². The number of fused-ring (bicyclic) bond motifs is 1. The highest BCUT2D eigenvalue weighted by atomic mass is 32.2. The van der Waals surface area contributed by atoms with Crippen molar-refractivity contribution in [1.82, 2.24) is 24.7 Å². The summed E-state index contributed by atoms with van der Waals surface area (Å²) in [5.74, 6) is 0.167. The molecule has 0 unspecified atom stereocenters. The van der Waals surface area contributed by atoms with Gasteiger partial charge >= 0.3 is 6.09 Å². The Morgan fingerprint density at radius 2 is 1.11 bits per heavy atom. The number of non-ortho nitro benzene ring substituents is 2. The number of aryl methyl sites for hydroxylation is 1. The predicted molar refractivity (Wildman–Crippen MR) is 365 cm³/mol. The number of alkyl carbamates (subject to hydrolysis) is 1. The number of nitro benzene ring substituents is 2. The van der Waals surface area contributed by atoms with Crippen LogP contribution in [0, 0.1) is 49.8 Å². The van der Waals surface area contributed by atoms with Crippen molar-refractivity contribution in [2.24, 2.45) is 22.7 Å². The van der Waals surface area contributed by atoms with E-state index in [4.69, 9.17) is 14.2 Å².